The maximum absolute atomic E-state index is 11.3. The van der Waals surface area contributed by atoms with Crippen molar-refractivity contribution >= 4 is 5.97 Å². The fourth-order valence-electron chi connectivity index (χ4n) is 2.55. The monoisotopic (exact) mass is 335 g/mol. The molecular formula is C20H17NO4. The minimum Gasteiger partial charge on any atom is -0.497 e. The summed E-state index contributed by atoms with van der Waals surface area (Å²) in [5.74, 6) is 0.421. The van der Waals surface area contributed by atoms with Crippen LogP contribution in [0.1, 0.15) is 10.5 Å². The molecular weight excluding hydrogens is 318 g/mol. The van der Waals surface area contributed by atoms with Gasteiger partial charge in [0.05, 0.1) is 19.9 Å². The summed E-state index contributed by atoms with van der Waals surface area (Å²) in [4.78, 5) is 15.7. The number of aromatic carboxylic acids is 1. The van der Waals surface area contributed by atoms with E-state index in [1.807, 2.05) is 48.5 Å². The minimum absolute atomic E-state index is 0.00285. The molecule has 1 aromatic heterocycles. The van der Waals surface area contributed by atoms with E-state index >= 15 is 0 Å². The normalized spacial score (nSPS) is 10.3. The van der Waals surface area contributed by atoms with E-state index in [0.29, 0.717) is 5.69 Å². The van der Waals surface area contributed by atoms with E-state index in [0.717, 1.165) is 28.2 Å². The Balaban J connectivity index is 2.14. The van der Waals surface area contributed by atoms with Crippen LogP contribution < -0.4 is 9.47 Å². The first-order chi connectivity index (χ1) is 12.1. The highest BCUT2D eigenvalue weighted by Crippen LogP contribution is 2.32. The molecule has 0 saturated carbocycles. The molecule has 0 atom stereocenters. The van der Waals surface area contributed by atoms with Crippen molar-refractivity contribution < 1.29 is 19.4 Å². The number of methoxy groups -OCH3 is 2. The van der Waals surface area contributed by atoms with Crippen LogP contribution in [0.15, 0.2) is 60.7 Å². The Morgan fingerprint density at radius 2 is 1.32 bits per heavy atom. The fraction of sp³-hybridized carbons (Fsp3) is 0.100. The Kier molecular flexibility index (Phi) is 4.66. The average Bonchev–Trinajstić information content (AvgIpc) is 2.67. The smallest absolute Gasteiger partial charge is 0.354 e. The van der Waals surface area contributed by atoms with E-state index in [1.165, 1.54) is 6.07 Å². The lowest BCUT2D eigenvalue weighted by atomic mass is 9.98. The van der Waals surface area contributed by atoms with Gasteiger partial charge in [-0.25, -0.2) is 9.78 Å². The second-order valence-corrected chi connectivity index (χ2v) is 5.35. The number of nitrogens with zero attached hydrogens (tertiary/aromatic N) is 1. The lowest BCUT2D eigenvalue weighted by molar-refractivity contribution is 0.0690. The van der Waals surface area contributed by atoms with Crippen LogP contribution in [-0.4, -0.2) is 30.3 Å². The molecule has 3 aromatic rings. The topological polar surface area (TPSA) is 68.7 Å². The van der Waals surface area contributed by atoms with Crippen LogP contribution in [-0.2, 0) is 0 Å². The Labute approximate surface area is 145 Å². The maximum atomic E-state index is 11.3. The lowest BCUT2D eigenvalue weighted by Gasteiger charge is -2.11. The molecule has 0 fully saturated rings. The van der Waals surface area contributed by atoms with Gasteiger partial charge in [-0.15, -0.1) is 0 Å². The molecule has 5 heteroatoms. The van der Waals surface area contributed by atoms with Crippen molar-refractivity contribution in [1.29, 1.82) is 0 Å². The van der Waals surface area contributed by atoms with Crippen molar-refractivity contribution in [2.45, 2.75) is 0 Å². The van der Waals surface area contributed by atoms with E-state index < -0.39 is 5.97 Å². The third-order valence-corrected chi connectivity index (χ3v) is 3.88. The first-order valence-electron chi connectivity index (χ1n) is 7.65. The molecule has 0 aliphatic rings. The predicted molar refractivity (Wildman–Crippen MR) is 95.2 cm³/mol. The maximum Gasteiger partial charge on any atom is 0.354 e. The van der Waals surface area contributed by atoms with Crippen LogP contribution in [0.4, 0.5) is 0 Å². The van der Waals surface area contributed by atoms with Gasteiger partial charge in [0.1, 0.15) is 17.2 Å². The minimum atomic E-state index is -1.06. The van der Waals surface area contributed by atoms with Gasteiger partial charge in [-0.05, 0) is 54.1 Å². The van der Waals surface area contributed by atoms with Crippen molar-refractivity contribution in [3.63, 3.8) is 0 Å². The molecule has 0 radical (unpaired) electrons. The summed E-state index contributed by atoms with van der Waals surface area (Å²) in [5, 5.41) is 9.27. The van der Waals surface area contributed by atoms with Crippen molar-refractivity contribution in [1.82, 2.24) is 4.98 Å². The van der Waals surface area contributed by atoms with Crippen molar-refractivity contribution in [2.24, 2.45) is 0 Å². The second kappa shape index (κ2) is 7.05. The van der Waals surface area contributed by atoms with E-state index in [1.54, 1.807) is 20.3 Å². The standard InChI is InChI=1S/C20H17NO4/c1-24-15-7-3-13(4-8-15)17-11-12-18(20(22)23)21-19(17)14-5-9-16(25-2)10-6-14/h3-12H,1-2H3,(H,22,23). The first kappa shape index (κ1) is 16.5. The summed E-state index contributed by atoms with van der Waals surface area (Å²) in [7, 11) is 3.21. The van der Waals surface area contributed by atoms with Crippen molar-refractivity contribution in [2.75, 3.05) is 14.2 Å². The van der Waals surface area contributed by atoms with E-state index in [9.17, 15) is 9.90 Å². The zero-order valence-electron chi connectivity index (χ0n) is 13.9. The Bertz CT molecular complexity index is 887. The molecule has 0 aliphatic carbocycles. The van der Waals surface area contributed by atoms with Crippen molar-refractivity contribution in [3.8, 4) is 33.9 Å². The number of carbonyl (C=O) groups is 1. The summed E-state index contributed by atoms with van der Waals surface area (Å²) >= 11 is 0. The van der Waals surface area contributed by atoms with Crippen LogP contribution >= 0.6 is 0 Å². The van der Waals surface area contributed by atoms with Crippen molar-refractivity contribution in [3.05, 3.63) is 66.4 Å². The number of rotatable bonds is 5. The number of hydrogen-bond acceptors (Lipinski definition) is 4. The fourth-order valence-corrected chi connectivity index (χ4v) is 2.55. The van der Waals surface area contributed by atoms with E-state index in [-0.39, 0.29) is 5.69 Å². The van der Waals surface area contributed by atoms with Crippen LogP contribution in [0.5, 0.6) is 11.5 Å². The molecule has 126 valence electrons. The third-order valence-electron chi connectivity index (χ3n) is 3.88. The Morgan fingerprint density at radius 1 is 0.800 bits per heavy atom. The summed E-state index contributed by atoms with van der Waals surface area (Å²) in [5.41, 5.74) is 3.19. The molecule has 0 aliphatic heterocycles. The summed E-state index contributed by atoms with van der Waals surface area (Å²) in [6.07, 6.45) is 0. The van der Waals surface area contributed by atoms with Gasteiger partial charge in [0.2, 0.25) is 0 Å². The molecule has 25 heavy (non-hydrogen) atoms. The van der Waals surface area contributed by atoms with Crippen LogP contribution in [0.25, 0.3) is 22.4 Å². The molecule has 2 aromatic carbocycles. The van der Waals surface area contributed by atoms with E-state index in [4.69, 9.17) is 9.47 Å². The van der Waals surface area contributed by atoms with Gasteiger partial charge in [-0.2, -0.15) is 0 Å². The quantitative estimate of drug-likeness (QED) is 0.759. The predicted octanol–water partition coefficient (Wildman–Crippen LogP) is 4.13. The highest BCUT2D eigenvalue weighted by molar-refractivity contribution is 5.89. The highest BCUT2D eigenvalue weighted by atomic mass is 16.5. The van der Waals surface area contributed by atoms with Crippen LogP contribution in [0, 0.1) is 0 Å². The third kappa shape index (κ3) is 3.45. The first-order valence-corrected chi connectivity index (χ1v) is 7.65. The number of aromatic nitrogens is 1. The van der Waals surface area contributed by atoms with Gasteiger partial charge >= 0.3 is 5.97 Å². The number of ether oxygens (including phenoxy) is 2. The molecule has 0 spiro atoms. The molecule has 1 N–H and O–H groups in total. The van der Waals surface area contributed by atoms with Gasteiger partial charge in [0, 0.05) is 11.1 Å². The number of benzene rings is 2. The van der Waals surface area contributed by atoms with Gasteiger partial charge in [-0.1, -0.05) is 12.1 Å². The highest BCUT2D eigenvalue weighted by Gasteiger charge is 2.14. The van der Waals surface area contributed by atoms with Crippen LogP contribution in [0.2, 0.25) is 0 Å². The Hall–Kier alpha value is -3.34. The summed E-state index contributed by atoms with van der Waals surface area (Å²) in [6.45, 7) is 0. The van der Waals surface area contributed by atoms with Gasteiger partial charge in [-0.3, -0.25) is 0 Å². The van der Waals surface area contributed by atoms with Gasteiger partial charge in [0.25, 0.3) is 0 Å². The zero-order chi connectivity index (χ0) is 17.8. The van der Waals surface area contributed by atoms with Gasteiger partial charge < -0.3 is 14.6 Å². The number of hydrogen-bond donors (Lipinski definition) is 1. The second-order valence-electron chi connectivity index (χ2n) is 5.35. The number of carboxylic acid groups (broad SMARTS) is 1. The molecule has 5 nitrogen and oxygen atoms in total. The SMILES string of the molecule is COc1ccc(-c2ccc(C(=O)O)nc2-c2ccc(OC)cc2)cc1. The summed E-state index contributed by atoms with van der Waals surface area (Å²) in [6, 6.07) is 18.2. The molecule has 0 saturated heterocycles. The lowest BCUT2D eigenvalue weighted by Crippen LogP contribution is -2.02. The van der Waals surface area contributed by atoms with Crippen LogP contribution in [0.3, 0.4) is 0 Å². The Morgan fingerprint density at radius 3 is 1.80 bits per heavy atom. The summed E-state index contributed by atoms with van der Waals surface area (Å²) < 4.78 is 10.4. The number of pyridine rings is 1. The molecule has 0 bridgehead atoms. The van der Waals surface area contributed by atoms with E-state index in [2.05, 4.69) is 4.98 Å². The molecule has 1 heterocycles. The number of carboxylic acids is 1. The zero-order valence-corrected chi connectivity index (χ0v) is 13.9. The molecule has 3 rings (SSSR count). The molecule has 0 unspecified atom stereocenters. The largest absolute Gasteiger partial charge is 0.497 e. The van der Waals surface area contributed by atoms with Gasteiger partial charge in [0.15, 0.2) is 0 Å². The molecule has 0 amide bonds. The average molecular weight is 335 g/mol.